The van der Waals surface area contributed by atoms with Crippen molar-refractivity contribution in [3.8, 4) is 0 Å². The average molecular weight is 246 g/mol. The summed E-state index contributed by atoms with van der Waals surface area (Å²) in [6.45, 7) is -0.0880. The minimum absolute atomic E-state index is 0.0880. The summed E-state index contributed by atoms with van der Waals surface area (Å²) >= 11 is 0. The number of amides is 1. The minimum Gasteiger partial charge on any atom is -0.368 e. The fourth-order valence-corrected chi connectivity index (χ4v) is 2.55. The van der Waals surface area contributed by atoms with Gasteiger partial charge in [-0.15, -0.1) is 0 Å². The van der Waals surface area contributed by atoms with Crippen LogP contribution in [0.25, 0.3) is 5.52 Å². The molecular formula is C12H14N4O2. The van der Waals surface area contributed by atoms with Gasteiger partial charge in [-0.2, -0.15) is 5.10 Å². The Kier molecular flexibility index (Phi) is 2.43. The summed E-state index contributed by atoms with van der Waals surface area (Å²) in [6, 6.07) is 0. The topological polar surface area (TPSA) is 82.4 Å². The number of rotatable bonds is 2. The highest BCUT2D eigenvalue weighted by molar-refractivity contribution is 5.73. The number of fused-ring (bicyclic) bond motifs is 3. The quantitative estimate of drug-likeness (QED) is 0.800. The van der Waals surface area contributed by atoms with E-state index in [2.05, 4.69) is 5.10 Å². The normalized spacial score (nSPS) is 14.7. The van der Waals surface area contributed by atoms with E-state index in [1.54, 1.807) is 16.9 Å². The van der Waals surface area contributed by atoms with Crippen LogP contribution in [0.1, 0.15) is 24.1 Å². The smallest absolute Gasteiger partial charge is 0.277 e. The lowest BCUT2D eigenvalue weighted by Crippen LogP contribution is -2.28. The van der Waals surface area contributed by atoms with Crippen molar-refractivity contribution >= 4 is 11.4 Å². The molecule has 6 heteroatoms. The zero-order chi connectivity index (χ0) is 12.7. The highest BCUT2D eigenvalue weighted by Gasteiger charge is 2.19. The van der Waals surface area contributed by atoms with Crippen LogP contribution < -0.4 is 11.3 Å². The number of carbonyl (C=O) groups excluding carboxylic acids is 1. The number of nitrogens with two attached hydrogens (primary N) is 1. The number of primary amides is 1. The van der Waals surface area contributed by atoms with E-state index in [1.807, 2.05) is 0 Å². The molecule has 18 heavy (non-hydrogen) atoms. The Morgan fingerprint density at radius 3 is 2.89 bits per heavy atom. The molecule has 1 aliphatic rings. The maximum absolute atomic E-state index is 12.3. The summed E-state index contributed by atoms with van der Waals surface area (Å²) < 4.78 is 2.96. The summed E-state index contributed by atoms with van der Waals surface area (Å²) in [5, 5.41) is 4.42. The van der Waals surface area contributed by atoms with Gasteiger partial charge in [0.05, 0.1) is 5.69 Å². The van der Waals surface area contributed by atoms with Gasteiger partial charge in [-0.3, -0.25) is 9.59 Å². The Bertz CT molecular complexity index is 683. The van der Waals surface area contributed by atoms with Crippen LogP contribution in [0.15, 0.2) is 17.2 Å². The van der Waals surface area contributed by atoms with Crippen molar-refractivity contribution in [2.24, 2.45) is 5.73 Å². The molecular weight excluding hydrogens is 232 g/mol. The van der Waals surface area contributed by atoms with Crippen LogP contribution in [0.3, 0.4) is 0 Å². The van der Waals surface area contributed by atoms with Gasteiger partial charge >= 0.3 is 0 Å². The summed E-state index contributed by atoms with van der Waals surface area (Å²) in [5.41, 5.74) is 7.57. The third-order valence-electron chi connectivity index (χ3n) is 3.36. The van der Waals surface area contributed by atoms with Gasteiger partial charge in [0, 0.05) is 18.0 Å². The predicted octanol–water partition coefficient (Wildman–Crippen LogP) is -0.140. The first-order valence-corrected chi connectivity index (χ1v) is 6.04. The number of hydrogen-bond donors (Lipinski definition) is 1. The maximum atomic E-state index is 12.3. The van der Waals surface area contributed by atoms with Crippen LogP contribution in [-0.4, -0.2) is 20.1 Å². The lowest BCUT2D eigenvalue weighted by Gasteiger charge is -2.08. The molecule has 2 aromatic heterocycles. The van der Waals surface area contributed by atoms with E-state index in [0.29, 0.717) is 5.52 Å². The highest BCUT2D eigenvalue weighted by atomic mass is 16.2. The first-order chi connectivity index (χ1) is 8.66. The lowest BCUT2D eigenvalue weighted by molar-refractivity contribution is -0.118. The fourth-order valence-electron chi connectivity index (χ4n) is 2.55. The van der Waals surface area contributed by atoms with Crippen molar-refractivity contribution in [3.05, 3.63) is 34.0 Å². The van der Waals surface area contributed by atoms with E-state index in [9.17, 15) is 9.59 Å². The minimum atomic E-state index is -0.519. The average Bonchev–Trinajstić information content (AvgIpc) is 2.71. The molecule has 6 nitrogen and oxygen atoms in total. The summed E-state index contributed by atoms with van der Waals surface area (Å²) in [6.07, 6.45) is 7.27. The van der Waals surface area contributed by atoms with Crippen LogP contribution in [0.2, 0.25) is 0 Å². The Labute approximate surface area is 103 Å². The van der Waals surface area contributed by atoms with Crippen molar-refractivity contribution in [2.45, 2.75) is 32.2 Å². The Balaban J connectivity index is 2.24. The second kappa shape index (κ2) is 3.97. The number of nitrogens with zero attached hydrogens (tertiary/aromatic N) is 3. The van der Waals surface area contributed by atoms with Gasteiger partial charge in [0.2, 0.25) is 5.91 Å². The van der Waals surface area contributed by atoms with Crippen LogP contribution >= 0.6 is 0 Å². The lowest BCUT2D eigenvalue weighted by atomic mass is 9.97. The standard InChI is InChI=1S/C12H14N4O2/c13-10(17)7-15-5-6-16-11(12(15)18)8-3-1-2-4-9(8)14-16/h5-6H,1-4,7H2,(H2,13,17). The summed E-state index contributed by atoms with van der Waals surface area (Å²) in [4.78, 5) is 23.2. The predicted molar refractivity (Wildman–Crippen MR) is 65.3 cm³/mol. The molecule has 2 aromatic rings. The zero-order valence-electron chi connectivity index (χ0n) is 9.93. The number of aromatic nitrogens is 3. The molecule has 0 aliphatic heterocycles. The van der Waals surface area contributed by atoms with Crippen LogP contribution in [0.5, 0.6) is 0 Å². The van der Waals surface area contributed by atoms with E-state index >= 15 is 0 Å². The van der Waals surface area contributed by atoms with Crippen molar-refractivity contribution in [3.63, 3.8) is 0 Å². The Hall–Kier alpha value is -2.11. The molecule has 0 unspecified atom stereocenters. The number of hydrogen-bond acceptors (Lipinski definition) is 3. The Morgan fingerprint density at radius 1 is 1.33 bits per heavy atom. The van der Waals surface area contributed by atoms with Crippen molar-refractivity contribution in [1.82, 2.24) is 14.2 Å². The van der Waals surface area contributed by atoms with Gasteiger partial charge in [0.1, 0.15) is 12.1 Å². The molecule has 0 fully saturated rings. The Morgan fingerprint density at radius 2 is 2.11 bits per heavy atom. The third kappa shape index (κ3) is 1.61. The van der Waals surface area contributed by atoms with Gasteiger partial charge in [0.25, 0.3) is 5.56 Å². The molecule has 0 spiro atoms. The summed E-state index contributed by atoms with van der Waals surface area (Å²) in [7, 11) is 0. The van der Waals surface area contributed by atoms with E-state index in [0.717, 1.165) is 36.9 Å². The van der Waals surface area contributed by atoms with E-state index in [4.69, 9.17) is 5.73 Å². The molecule has 2 heterocycles. The summed E-state index contributed by atoms with van der Waals surface area (Å²) in [5.74, 6) is -0.519. The second-order valence-electron chi connectivity index (χ2n) is 4.62. The molecule has 0 bridgehead atoms. The van der Waals surface area contributed by atoms with Crippen molar-refractivity contribution in [2.75, 3.05) is 0 Å². The fraction of sp³-hybridized carbons (Fsp3) is 0.417. The number of aryl methyl sites for hydroxylation is 2. The molecule has 0 aromatic carbocycles. The van der Waals surface area contributed by atoms with Crippen LogP contribution in [-0.2, 0) is 24.2 Å². The third-order valence-corrected chi connectivity index (χ3v) is 3.36. The van der Waals surface area contributed by atoms with E-state index < -0.39 is 5.91 Å². The van der Waals surface area contributed by atoms with E-state index in [1.165, 1.54) is 4.57 Å². The zero-order valence-corrected chi connectivity index (χ0v) is 9.93. The first-order valence-electron chi connectivity index (χ1n) is 6.04. The molecule has 3 rings (SSSR count). The number of carbonyl (C=O) groups is 1. The van der Waals surface area contributed by atoms with Gasteiger partial charge < -0.3 is 10.3 Å². The maximum Gasteiger partial charge on any atom is 0.277 e. The monoisotopic (exact) mass is 246 g/mol. The van der Waals surface area contributed by atoms with Gasteiger partial charge in [-0.05, 0) is 25.7 Å². The molecule has 0 atom stereocenters. The highest BCUT2D eigenvalue weighted by Crippen LogP contribution is 2.22. The molecule has 0 saturated carbocycles. The van der Waals surface area contributed by atoms with Crippen molar-refractivity contribution in [1.29, 1.82) is 0 Å². The van der Waals surface area contributed by atoms with Crippen molar-refractivity contribution < 1.29 is 4.79 Å². The SMILES string of the molecule is NC(=O)Cn1ccn2nc3c(c2c1=O)CCCC3. The molecule has 0 saturated heterocycles. The molecule has 1 amide bonds. The largest absolute Gasteiger partial charge is 0.368 e. The molecule has 2 N–H and O–H groups in total. The first kappa shape index (κ1) is 11.0. The molecule has 94 valence electrons. The van der Waals surface area contributed by atoms with Gasteiger partial charge in [-0.1, -0.05) is 0 Å². The van der Waals surface area contributed by atoms with E-state index in [-0.39, 0.29) is 12.1 Å². The van der Waals surface area contributed by atoms with Gasteiger partial charge in [0.15, 0.2) is 0 Å². The van der Waals surface area contributed by atoms with Crippen LogP contribution in [0, 0.1) is 0 Å². The molecule has 1 aliphatic carbocycles. The molecule has 0 radical (unpaired) electrons. The second-order valence-corrected chi connectivity index (χ2v) is 4.62. The van der Waals surface area contributed by atoms with Crippen LogP contribution in [0.4, 0.5) is 0 Å². The van der Waals surface area contributed by atoms with Gasteiger partial charge in [-0.25, -0.2) is 4.52 Å².